The molecule has 0 heterocycles. The Balaban J connectivity index is 3.24. The molecule has 0 spiro atoms. The summed E-state index contributed by atoms with van der Waals surface area (Å²) in [5.41, 5.74) is 0.0488. The van der Waals surface area contributed by atoms with Gasteiger partial charge in [0.15, 0.2) is 5.71 Å². The molecule has 1 rings (SSSR count). The number of benzene rings is 1. The van der Waals surface area contributed by atoms with Crippen LogP contribution in [0.15, 0.2) is 23.3 Å². The number of nitrogens with one attached hydrogen (secondary N) is 1. The Kier molecular flexibility index (Phi) is 6.64. The van der Waals surface area contributed by atoms with E-state index in [4.69, 9.17) is 23.2 Å². The van der Waals surface area contributed by atoms with E-state index in [1.54, 1.807) is 0 Å². The van der Waals surface area contributed by atoms with E-state index < -0.39 is 13.7 Å². The summed E-state index contributed by atoms with van der Waals surface area (Å²) >= 11 is 11.8. The second-order valence-electron chi connectivity index (χ2n) is 3.54. The fraction of sp³-hybridized carbons (Fsp3) is 0.273. The van der Waals surface area contributed by atoms with Gasteiger partial charge in [-0.1, -0.05) is 23.2 Å². The van der Waals surface area contributed by atoms with Crippen molar-refractivity contribution in [3.05, 3.63) is 33.8 Å². The number of nitrogens with zero attached hydrogens (tertiary/aromatic N) is 1. The number of esters is 1. The van der Waals surface area contributed by atoms with Gasteiger partial charge in [-0.05, 0) is 18.2 Å². The van der Waals surface area contributed by atoms with Gasteiger partial charge in [-0.2, -0.15) is 5.10 Å². The molecule has 21 heavy (non-hydrogen) atoms. The normalized spacial score (nSPS) is 12.1. The minimum atomic E-state index is -3.64. The van der Waals surface area contributed by atoms with E-state index in [0.717, 1.165) is 0 Å². The Hall–Kier alpha value is -1.11. The number of rotatable bonds is 6. The van der Waals surface area contributed by atoms with Gasteiger partial charge in [-0.25, -0.2) is 14.6 Å². The zero-order valence-electron chi connectivity index (χ0n) is 11.4. The minimum Gasteiger partial charge on any atom is -0.464 e. The second-order valence-corrected chi connectivity index (χ2v) is 6.31. The van der Waals surface area contributed by atoms with Crippen LogP contribution >= 0.6 is 30.9 Å². The van der Waals surface area contributed by atoms with Crippen LogP contribution in [-0.4, -0.2) is 33.0 Å². The molecule has 0 aliphatic rings. The monoisotopic (exact) mass is 354 g/mol. The van der Waals surface area contributed by atoms with Gasteiger partial charge >= 0.3 is 13.7 Å². The summed E-state index contributed by atoms with van der Waals surface area (Å²) in [4.78, 5) is 11.8. The number of carbonyl (C=O) groups is 1. The summed E-state index contributed by atoms with van der Waals surface area (Å²) in [5.74, 6) is -0.787. The summed E-state index contributed by atoms with van der Waals surface area (Å²) in [5, 5.41) is 6.45. The van der Waals surface area contributed by atoms with Gasteiger partial charge in [0.2, 0.25) is 0 Å². The largest absolute Gasteiger partial charge is 0.464 e. The first-order valence-corrected chi connectivity index (χ1v) is 7.77. The van der Waals surface area contributed by atoms with E-state index in [1.807, 2.05) is 0 Å². The van der Waals surface area contributed by atoms with Gasteiger partial charge in [0, 0.05) is 24.8 Å². The van der Waals surface area contributed by atoms with E-state index in [2.05, 4.69) is 24.1 Å². The van der Waals surface area contributed by atoms with Gasteiger partial charge in [-0.3, -0.25) is 9.05 Å². The fourth-order valence-electron chi connectivity index (χ4n) is 1.26. The molecule has 0 unspecified atom stereocenters. The lowest BCUT2D eigenvalue weighted by molar-refractivity contribution is -0.132. The number of hydrogen-bond donors (Lipinski definition) is 1. The van der Waals surface area contributed by atoms with Crippen molar-refractivity contribution < 1.29 is 23.1 Å². The van der Waals surface area contributed by atoms with Crippen LogP contribution < -0.4 is 5.20 Å². The Morgan fingerprint density at radius 3 is 2.33 bits per heavy atom. The van der Waals surface area contributed by atoms with Gasteiger partial charge in [0.1, 0.15) is 0 Å². The Morgan fingerprint density at radius 1 is 1.24 bits per heavy atom. The molecule has 1 aromatic rings. The Bertz CT molecular complexity index is 600. The van der Waals surface area contributed by atoms with Crippen molar-refractivity contribution in [2.24, 2.45) is 5.10 Å². The molecule has 0 bridgehead atoms. The molecule has 116 valence electrons. The third-order valence-electron chi connectivity index (χ3n) is 2.33. The summed E-state index contributed by atoms with van der Waals surface area (Å²) in [6.45, 7) is 0. The molecule has 0 saturated heterocycles. The highest BCUT2D eigenvalue weighted by Gasteiger charge is 2.23. The summed E-state index contributed by atoms with van der Waals surface area (Å²) < 4.78 is 25.8. The molecule has 0 aliphatic heterocycles. The van der Waals surface area contributed by atoms with Gasteiger partial charge in [0.25, 0.3) is 0 Å². The van der Waals surface area contributed by atoms with Crippen LogP contribution in [0.25, 0.3) is 0 Å². The molecule has 0 radical (unpaired) electrons. The van der Waals surface area contributed by atoms with Gasteiger partial charge in [0.05, 0.1) is 12.1 Å². The highest BCUT2D eigenvalue weighted by atomic mass is 35.5. The van der Waals surface area contributed by atoms with Crippen LogP contribution in [0.1, 0.15) is 5.56 Å². The van der Waals surface area contributed by atoms with E-state index in [1.165, 1.54) is 39.5 Å². The van der Waals surface area contributed by atoms with E-state index in [9.17, 15) is 9.36 Å². The van der Waals surface area contributed by atoms with Crippen molar-refractivity contribution in [1.29, 1.82) is 0 Å². The number of ether oxygens (including phenoxy) is 1. The van der Waals surface area contributed by atoms with Crippen molar-refractivity contribution in [3.8, 4) is 0 Å². The SMILES string of the molecule is COC(=O)/C(=N/NP(=O)(OC)OC)c1ccc(Cl)cc1Cl. The minimum absolute atomic E-state index is 0.179. The highest BCUT2D eigenvalue weighted by Crippen LogP contribution is 2.41. The molecule has 0 saturated carbocycles. The quantitative estimate of drug-likeness (QED) is 0.366. The van der Waals surface area contributed by atoms with Crippen molar-refractivity contribution in [3.63, 3.8) is 0 Å². The number of hydrazone groups is 1. The second kappa shape index (κ2) is 7.77. The van der Waals surface area contributed by atoms with Gasteiger partial charge < -0.3 is 4.74 Å². The molecule has 10 heteroatoms. The van der Waals surface area contributed by atoms with Crippen LogP contribution in [0.5, 0.6) is 0 Å². The molecular weight excluding hydrogens is 342 g/mol. The molecule has 0 amide bonds. The Labute approximate surface area is 131 Å². The lowest BCUT2D eigenvalue weighted by Gasteiger charge is -2.13. The maximum Gasteiger partial charge on any atom is 0.447 e. The Morgan fingerprint density at radius 2 is 1.86 bits per heavy atom. The van der Waals surface area contributed by atoms with E-state index >= 15 is 0 Å². The molecule has 0 fully saturated rings. The van der Waals surface area contributed by atoms with Gasteiger partial charge in [-0.15, -0.1) is 0 Å². The van der Waals surface area contributed by atoms with E-state index in [-0.39, 0.29) is 16.3 Å². The number of hydrogen-bond acceptors (Lipinski definition) is 6. The predicted octanol–water partition coefficient (Wildman–Crippen LogP) is 2.86. The molecule has 7 nitrogen and oxygen atoms in total. The molecule has 0 aliphatic carbocycles. The maximum atomic E-state index is 11.9. The van der Waals surface area contributed by atoms with Crippen molar-refractivity contribution >= 4 is 42.6 Å². The van der Waals surface area contributed by atoms with Crippen molar-refractivity contribution in [1.82, 2.24) is 5.20 Å². The lowest BCUT2D eigenvalue weighted by atomic mass is 10.1. The third kappa shape index (κ3) is 4.69. The number of carbonyl (C=O) groups excluding carboxylic acids is 1. The van der Waals surface area contributed by atoms with Crippen LogP contribution in [0.4, 0.5) is 0 Å². The average Bonchev–Trinajstić information content (AvgIpc) is 2.48. The molecular formula is C11H13Cl2N2O5P. The third-order valence-corrected chi connectivity index (χ3v) is 4.18. The fourth-order valence-corrected chi connectivity index (χ4v) is 2.29. The molecule has 0 aromatic heterocycles. The van der Waals surface area contributed by atoms with Crippen molar-refractivity contribution in [2.45, 2.75) is 0 Å². The first-order chi connectivity index (χ1) is 9.86. The summed E-state index contributed by atoms with van der Waals surface area (Å²) in [6.07, 6.45) is 0. The predicted molar refractivity (Wildman–Crippen MR) is 79.8 cm³/mol. The zero-order valence-corrected chi connectivity index (χ0v) is 13.8. The number of halogens is 2. The van der Waals surface area contributed by atoms with Crippen LogP contribution in [0.2, 0.25) is 10.0 Å². The molecule has 1 aromatic carbocycles. The lowest BCUT2D eigenvalue weighted by Crippen LogP contribution is -2.21. The summed E-state index contributed by atoms with van der Waals surface area (Å²) in [6, 6.07) is 4.43. The standard InChI is InChI=1S/C11H13Cl2N2O5P/c1-18-11(16)10(14-15-21(17,19-2)20-3)8-5-4-7(12)6-9(8)13/h4-6H,1-3H3,(H,15,17)/b14-10+. The van der Waals surface area contributed by atoms with Crippen LogP contribution in [-0.2, 0) is 23.1 Å². The average molecular weight is 355 g/mol. The smallest absolute Gasteiger partial charge is 0.447 e. The molecule has 1 N–H and O–H groups in total. The van der Waals surface area contributed by atoms with Crippen LogP contribution in [0.3, 0.4) is 0 Å². The first kappa shape index (κ1) is 17.9. The summed E-state index contributed by atoms with van der Waals surface area (Å²) in [7, 11) is -0.137. The topological polar surface area (TPSA) is 86.2 Å². The maximum absolute atomic E-state index is 11.9. The van der Waals surface area contributed by atoms with E-state index in [0.29, 0.717) is 5.02 Å². The molecule has 0 atom stereocenters. The van der Waals surface area contributed by atoms with Crippen LogP contribution in [0, 0.1) is 0 Å². The zero-order chi connectivity index (χ0) is 16.0. The highest BCUT2D eigenvalue weighted by molar-refractivity contribution is 7.51. The van der Waals surface area contributed by atoms with Crippen molar-refractivity contribution in [2.75, 3.05) is 21.3 Å². The number of methoxy groups -OCH3 is 1. The first-order valence-electron chi connectivity index (χ1n) is 5.47.